The average molecular weight is 364 g/mol. The molecule has 0 aromatic carbocycles. The fraction of sp³-hybridized carbons (Fsp3) is 0.412. The minimum Gasteiger partial charge on any atom is -0.412 e. The van der Waals surface area contributed by atoms with E-state index in [0.717, 1.165) is 19.5 Å². The average Bonchev–Trinajstić information content (AvgIpc) is 3.30. The molecule has 0 spiro atoms. The van der Waals surface area contributed by atoms with Crippen LogP contribution in [0.25, 0.3) is 11.5 Å². The van der Waals surface area contributed by atoms with E-state index < -0.39 is 5.91 Å². The zero-order chi connectivity index (χ0) is 18.8. The van der Waals surface area contributed by atoms with Gasteiger partial charge >= 0.3 is 11.8 Å². The van der Waals surface area contributed by atoms with Gasteiger partial charge in [-0.25, -0.2) is 4.98 Å². The molecule has 4 rings (SSSR count). The van der Waals surface area contributed by atoms with Crippen molar-refractivity contribution in [1.82, 2.24) is 25.4 Å². The highest BCUT2D eigenvalue weighted by Gasteiger charge is 2.27. The monoisotopic (exact) mass is 364 g/mol. The number of anilines is 1. The number of rotatable bonds is 4. The summed E-state index contributed by atoms with van der Waals surface area (Å²) < 4.78 is 5.56. The maximum Gasteiger partial charge on any atom is 0.309 e. The predicted octanol–water partition coefficient (Wildman–Crippen LogP) is 0.499. The van der Waals surface area contributed by atoms with Gasteiger partial charge < -0.3 is 19.5 Å². The molecule has 2 aromatic rings. The molecule has 2 aromatic heterocycles. The maximum atomic E-state index is 12.4. The summed E-state index contributed by atoms with van der Waals surface area (Å²) >= 11 is 0. The van der Waals surface area contributed by atoms with Crippen LogP contribution >= 0.6 is 0 Å². The Balaban J connectivity index is 1.55. The second-order valence-electron chi connectivity index (χ2n) is 6.47. The molecule has 1 atom stereocenters. The molecule has 2 aliphatic heterocycles. The molecule has 4 heterocycles. The molecule has 2 aliphatic rings. The highest BCUT2D eigenvalue weighted by Crippen LogP contribution is 2.31. The Morgan fingerprint density at radius 1 is 1.30 bits per heavy atom. The molecule has 10 heteroatoms. The lowest BCUT2D eigenvalue weighted by Gasteiger charge is -2.32. The fourth-order valence-electron chi connectivity index (χ4n) is 3.10. The number of carbonyl (C=O) groups excluding carboxylic acids is 1. The van der Waals surface area contributed by atoms with Crippen LogP contribution < -0.4 is 10.2 Å². The standard InChI is InChI=1S/C17H16N8O2/c18-7-11-6-13(14(20-8-11)25-3-1-4-25)16-22-23-17(27-16)15(26)21-12-2-5-24(9-12)10-19/h6,8,12H,1-5,9H2,(H,21,26). The molecule has 0 aliphatic carbocycles. The highest BCUT2D eigenvalue weighted by atomic mass is 16.4. The van der Waals surface area contributed by atoms with Crippen LogP contribution in [0.4, 0.5) is 5.82 Å². The summed E-state index contributed by atoms with van der Waals surface area (Å²) in [4.78, 5) is 20.3. The second kappa shape index (κ2) is 6.92. The molecule has 0 saturated carbocycles. The molecule has 10 nitrogen and oxygen atoms in total. The van der Waals surface area contributed by atoms with Crippen molar-refractivity contribution >= 4 is 11.7 Å². The zero-order valence-electron chi connectivity index (χ0n) is 14.4. The van der Waals surface area contributed by atoms with Crippen LogP contribution in [0.2, 0.25) is 0 Å². The van der Waals surface area contributed by atoms with Gasteiger partial charge in [0.1, 0.15) is 11.9 Å². The number of aromatic nitrogens is 3. The molecule has 0 bridgehead atoms. The summed E-state index contributed by atoms with van der Waals surface area (Å²) in [5.41, 5.74) is 0.915. The van der Waals surface area contributed by atoms with Gasteiger partial charge in [-0.1, -0.05) is 0 Å². The van der Waals surface area contributed by atoms with E-state index in [4.69, 9.17) is 14.9 Å². The van der Waals surface area contributed by atoms with Crippen molar-refractivity contribution in [3.63, 3.8) is 0 Å². The highest BCUT2D eigenvalue weighted by molar-refractivity contribution is 5.90. The number of pyridine rings is 1. The second-order valence-corrected chi connectivity index (χ2v) is 6.47. The molecule has 1 unspecified atom stereocenters. The van der Waals surface area contributed by atoms with Crippen molar-refractivity contribution in [3.05, 3.63) is 23.7 Å². The Morgan fingerprint density at radius 3 is 2.81 bits per heavy atom. The first-order valence-electron chi connectivity index (χ1n) is 8.62. The lowest BCUT2D eigenvalue weighted by atomic mass is 10.1. The third kappa shape index (κ3) is 3.25. The number of hydrogen-bond donors (Lipinski definition) is 1. The lowest BCUT2D eigenvalue weighted by molar-refractivity contribution is 0.0904. The zero-order valence-corrected chi connectivity index (χ0v) is 14.4. The van der Waals surface area contributed by atoms with E-state index in [9.17, 15) is 4.79 Å². The predicted molar refractivity (Wildman–Crippen MR) is 92.1 cm³/mol. The first-order chi connectivity index (χ1) is 13.2. The van der Waals surface area contributed by atoms with Crippen molar-refractivity contribution in [3.8, 4) is 23.7 Å². The van der Waals surface area contributed by atoms with E-state index in [2.05, 4.69) is 31.6 Å². The first-order valence-corrected chi connectivity index (χ1v) is 8.62. The lowest BCUT2D eigenvalue weighted by Crippen LogP contribution is -2.38. The van der Waals surface area contributed by atoms with Crippen molar-refractivity contribution in [2.45, 2.75) is 18.9 Å². The van der Waals surface area contributed by atoms with Gasteiger partial charge in [0.05, 0.1) is 11.1 Å². The molecule has 2 fully saturated rings. The molecule has 27 heavy (non-hydrogen) atoms. The maximum absolute atomic E-state index is 12.4. The van der Waals surface area contributed by atoms with Gasteiger partial charge in [-0.2, -0.15) is 10.5 Å². The van der Waals surface area contributed by atoms with Gasteiger partial charge in [0.15, 0.2) is 6.19 Å². The van der Waals surface area contributed by atoms with Crippen LogP contribution in [-0.2, 0) is 0 Å². The molecule has 2 saturated heterocycles. The van der Waals surface area contributed by atoms with Crippen LogP contribution in [-0.4, -0.2) is 58.2 Å². The Labute approximate surface area is 155 Å². The Bertz CT molecular complexity index is 953. The number of hydrogen-bond acceptors (Lipinski definition) is 9. The molecule has 136 valence electrons. The fourth-order valence-corrected chi connectivity index (χ4v) is 3.10. The van der Waals surface area contributed by atoms with Crippen LogP contribution in [0.1, 0.15) is 29.1 Å². The third-order valence-electron chi connectivity index (χ3n) is 4.67. The molecule has 1 N–H and O–H groups in total. The van der Waals surface area contributed by atoms with Crippen LogP contribution in [0, 0.1) is 22.8 Å². The molecule has 0 radical (unpaired) electrons. The Hall–Kier alpha value is -3.66. The van der Waals surface area contributed by atoms with E-state index in [1.54, 1.807) is 11.0 Å². The van der Waals surface area contributed by atoms with Gasteiger partial charge in [-0.15, -0.1) is 10.2 Å². The van der Waals surface area contributed by atoms with E-state index in [0.29, 0.717) is 36.5 Å². The number of nitriles is 2. The molecule has 1 amide bonds. The quantitative estimate of drug-likeness (QED) is 0.769. The molecular formula is C17H16N8O2. The van der Waals surface area contributed by atoms with Crippen LogP contribution in [0.5, 0.6) is 0 Å². The number of nitrogens with zero attached hydrogens (tertiary/aromatic N) is 7. The van der Waals surface area contributed by atoms with E-state index in [1.165, 1.54) is 6.20 Å². The van der Waals surface area contributed by atoms with Crippen LogP contribution in [0.3, 0.4) is 0 Å². The summed E-state index contributed by atoms with van der Waals surface area (Å²) in [5, 5.41) is 28.6. The van der Waals surface area contributed by atoms with Gasteiger partial charge in [0.25, 0.3) is 5.89 Å². The number of carbonyl (C=O) groups is 1. The van der Waals surface area contributed by atoms with E-state index in [-0.39, 0.29) is 17.8 Å². The SMILES string of the molecule is N#Cc1cnc(N2CCC2)c(-c2nnc(C(=O)NC3CCN(C#N)C3)o2)c1. The smallest absolute Gasteiger partial charge is 0.309 e. The summed E-state index contributed by atoms with van der Waals surface area (Å²) in [6.45, 7) is 2.81. The topological polar surface area (TPSA) is 135 Å². The van der Waals surface area contributed by atoms with Gasteiger partial charge in [0, 0.05) is 38.4 Å². The van der Waals surface area contributed by atoms with E-state index in [1.807, 2.05) is 6.07 Å². The summed E-state index contributed by atoms with van der Waals surface area (Å²) in [7, 11) is 0. The number of likely N-dealkylation sites (tertiary alicyclic amines) is 1. The summed E-state index contributed by atoms with van der Waals surface area (Å²) in [5.74, 6) is 0.179. The Morgan fingerprint density at radius 2 is 2.15 bits per heavy atom. The molecular weight excluding hydrogens is 348 g/mol. The van der Waals surface area contributed by atoms with Crippen molar-refractivity contribution in [2.75, 3.05) is 31.1 Å². The normalized spacial score (nSPS) is 18.5. The Kier molecular flexibility index (Phi) is 4.30. The van der Waals surface area contributed by atoms with Crippen LogP contribution in [0.15, 0.2) is 16.7 Å². The van der Waals surface area contributed by atoms with E-state index >= 15 is 0 Å². The minimum absolute atomic E-state index is 0.132. The summed E-state index contributed by atoms with van der Waals surface area (Å²) in [6, 6.07) is 3.55. The summed E-state index contributed by atoms with van der Waals surface area (Å²) in [6.07, 6.45) is 5.32. The number of amides is 1. The van der Waals surface area contributed by atoms with Gasteiger partial charge in [-0.3, -0.25) is 4.79 Å². The van der Waals surface area contributed by atoms with Crippen molar-refractivity contribution < 1.29 is 9.21 Å². The minimum atomic E-state index is -0.478. The largest absolute Gasteiger partial charge is 0.412 e. The first kappa shape index (κ1) is 16.8. The number of nitrogens with one attached hydrogen (secondary N) is 1. The van der Waals surface area contributed by atoms with Crippen molar-refractivity contribution in [2.24, 2.45) is 0 Å². The third-order valence-corrected chi connectivity index (χ3v) is 4.67. The van der Waals surface area contributed by atoms with Crippen molar-refractivity contribution in [1.29, 1.82) is 10.5 Å². The van der Waals surface area contributed by atoms with Gasteiger partial charge in [-0.05, 0) is 18.9 Å². The van der Waals surface area contributed by atoms with Gasteiger partial charge in [0.2, 0.25) is 0 Å².